The number of phenolic OH excluding ortho intramolecular Hbond substituents is 1. The van der Waals surface area contributed by atoms with Crippen molar-refractivity contribution in [2.24, 2.45) is 11.0 Å². The van der Waals surface area contributed by atoms with Crippen molar-refractivity contribution >= 4 is 32.7 Å². The third kappa shape index (κ3) is 6.70. The molecule has 2 heterocycles. The monoisotopic (exact) mass is 576 g/mol. The zero-order chi connectivity index (χ0) is 28.0. The minimum absolute atomic E-state index is 0.0822. The standard InChI is InChI=1S/C30H32N4O4S2/c1-2-38-29-19-24(8-13-28(29)35)20-31-33-30-32-27(21-39-30)25-9-11-26(12-10-25)40(36,37)34-16-14-23(15-17-34)18-22-6-4-3-5-7-22/h3-13,19-21,23,35H,2,14-18H2,1H3,(H,32,33). The fourth-order valence-corrected chi connectivity index (χ4v) is 6.89. The van der Waals surface area contributed by atoms with E-state index in [1.54, 1.807) is 53.0 Å². The second-order valence-electron chi connectivity index (χ2n) is 9.63. The molecule has 5 rings (SSSR count). The number of nitrogens with zero attached hydrogens (tertiary/aromatic N) is 3. The van der Waals surface area contributed by atoms with E-state index in [1.807, 2.05) is 30.5 Å². The minimum Gasteiger partial charge on any atom is -0.504 e. The lowest BCUT2D eigenvalue weighted by molar-refractivity contribution is 0.273. The molecule has 0 unspecified atom stereocenters. The summed E-state index contributed by atoms with van der Waals surface area (Å²) >= 11 is 1.40. The zero-order valence-corrected chi connectivity index (χ0v) is 23.9. The molecule has 10 heteroatoms. The van der Waals surface area contributed by atoms with Crippen molar-refractivity contribution in [3.63, 3.8) is 0 Å². The van der Waals surface area contributed by atoms with Gasteiger partial charge in [-0.15, -0.1) is 11.3 Å². The lowest BCUT2D eigenvalue weighted by Crippen LogP contribution is -2.38. The van der Waals surface area contributed by atoms with Crippen molar-refractivity contribution in [1.29, 1.82) is 0 Å². The fraction of sp³-hybridized carbons (Fsp3) is 0.267. The predicted octanol–water partition coefficient (Wildman–Crippen LogP) is 6.00. The molecule has 1 aromatic heterocycles. The average molecular weight is 577 g/mol. The van der Waals surface area contributed by atoms with Crippen LogP contribution in [0.1, 0.15) is 30.9 Å². The van der Waals surface area contributed by atoms with Gasteiger partial charge in [0.1, 0.15) is 0 Å². The molecule has 0 aliphatic carbocycles. The number of hydrogen-bond donors (Lipinski definition) is 2. The molecule has 0 spiro atoms. The molecule has 208 valence electrons. The Morgan fingerprint density at radius 2 is 1.85 bits per heavy atom. The van der Waals surface area contributed by atoms with Crippen LogP contribution in [-0.2, 0) is 16.4 Å². The fourth-order valence-electron chi connectivity index (χ4n) is 4.75. The number of ether oxygens (including phenoxy) is 1. The summed E-state index contributed by atoms with van der Waals surface area (Å²) in [6.45, 7) is 3.39. The molecule has 4 aromatic rings. The van der Waals surface area contributed by atoms with Crippen LogP contribution in [0.15, 0.2) is 88.2 Å². The minimum atomic E-state index is -3.54. The molecule has 40 heavy (non-hydrogen) atoms. The van der Waals surface area contributed by atoms with E-state index in [4.69, 9.17) is 4.74 Å². The number of anilines is 1. The molecule has 3 aromatic carbocycles. The zero-order valence-electron chi connectivity index (χ0n) is 22.2. The van der Waals surface area contributed by atoms with Gasteiger partial charge in [0.2, 0.25) is 15.2 Å². The summed E-state index contributed by atoms with van der Waals surface area (Å²) in [4.78, 5) is 4.87. The third-order valence-corrected chi connectivity index (χ3v) is 9.55. The van der Waals surface area contributed by atoms with Crippen LogP contribution in [0.2, 0.25) is 0 Å². The molecule has 1 aliphatic heterocycles. The van der Waals surface area contributed by atoms with Crippen LogP contribution in [0.3, 0.4) is 0 Å². The molecule has 0 radical (unpaired) electrons. The van der Waals surface area contributed by atoms with Gasteiger partial charge in [-0.3, -0.25) is 5.43 Å². The molecular formula is C30H32N4O4S2. The highest BCUT2D eigenvalue weighted by Crippen LogP contribution is 2.30. The number of sulfonamides is 1. The number of hydrazone groups is 1. The highest BCUT2D eigenvalue weighted by atomic mass is 32.2. The van der Waals surface area contributed by atoms with Crippen LogP contribution in [0.25, 0.3) is 11.3 Å². The first-order valence-corrected chi connectivity index (χ1v) is 15.6. The summed E-state index contributed by atoms with van der Waals surface area (Å²) in [6.07, 6.45) is 4.34. The molecule has 8 nitrogen and oxygen atoms in total. The van der Waals surface area contributed by atoms with Crippen LogP contribution < -0.4 is 10.2 Å². The molecule has 1 aliphatic rings. The number of benzene rings is 3. The quantitative estimate of drug-likeness (QED) is 0.177. The average Bonchev–Trinajstić information content (AvgIpc) is 3.45. The highest BCUT2D eigenvalue weighted by molar-refractivity contribution is 7.89. The van der Waals surface area contributed by atoms with E-state index in [-0.39, 0.29) is 5.75 Å². The van der Waals surface area contributed by atoms with Crippen molar-refractivity contribution in [3.05, 3.63) is 89.3 Å². The van der Waals surface area contributed by atoms with Crippen LogP contribution >= 0.6 is 11.3 Å². The summed E-state index contributed by atoms with van der Waals surface area (Å²) < 4.78 is 33.6. The molecule has 1 fully saturated rings. The van der Waals surface area contributed by atoms with Crippen molar-refractivity contribution in [1.82, 2.24) is 9.29 Å². The predicted molar refractivity (Wildman–Crippen MR) is 160 cm³/mol. The second kappa shape index (κ2) is 12.6. The van der Waals surface area contributed by atoms with Gasteiger partial charge in [-0.1, -0.05) is 42.5 Å². The molecule has 2 N–H and O–H groups in total. The van der Waals surface area contributed by atoms with Gasteiger partial charge in [0.25, 0.3) is 0 Å². The maximum absolute atomic E-state index is 13.3. The molecule has 0 bridgehead atoms. The summed E-state index contributed by atoms with van der Waals surface area (Å²) in [5, 5.41) is 16.6. The number of thiazole rings is 1. The third-order valence-electron chi connectivity index (χ3n) is 6.89. The van der Waals surface area contributed by atoms with Crippen molar-refractivity contribution in [2.75, 3.05) is 25.1 Å². The van der Waals surface area contributed by atoms with E-state index in [0.29, 0.717) is 41.4 Å². The number of phenols is 1. The number of hydrogen-bond acceptors (Lipinski definition) is 8. The maximum atomic E-state index is 13.3. The Bertz CT molecular complexity index is 1550. The number of aromatic nitrogens is 1. The largest absolute Gasteiger partial charge is 0.504 e. The Morgan fingerprint density at radius 3 is 2.58 bits per heavy atom. The van der Waals surface area contributed by atoms with Crippen molar-refractivity contribution in [2.45, 2.75) is 31.1 Å². The first-order chi connectivity index (χ1) is 19.4. The Morgan fingerprint density at radius 1 is 1.10 bits per heavy atom. The lowest BCUT2D eigenvalue weighted by atomic mass is 9.91. The van der Waals surface area contributed by atoms with Crippen LogP contribution in [0.5, 0.6) is 11.5 Å². The highest BCUT2D eigenvalue weighted by Gasteiger charge is 2.29. The smallest absolute Gasteiger partial charge is 0.243 e. The van der Waals surface area contributed by atoms with E-state index in [2.05, 4.69) is 27.6 Å². The van der Waals surface area contributed by atoms with Crippen molar-refractivity contribution < 1.29 is 18.3 Å². The van der Waals surface area contributed by atoms with Gasteiger partial charge >= 0.3 is 0 Å². The Kier molecular flexibility index (Phi) is 8.78. The van der Waals surface area contributed by atoms with Gasteiger partial charge in [-0.25, -0.2) is 13.4 Å². The number of aromatic hydroxyl groups is 1. The maximum Gasteiger partial charge on any atom is 0.243 e. The number of piperidine rings is 1. The SMILES string of the molecule is CCOc1cc(C=NNc2nc(-c3ccc(S(=O)(=O)N4CCC(Cc5ccccc5)CC4)cc3)cs2)ccc1O. The van der Waals surface area contributed by atoms with Crippen LogP contribution in [0.4, 0.5) is 5.13 Å². The summed E-state index contributed by atoms with van der Waals surface area (Å²) in [7, 11) is -3.54. The van der Waals surface area contributed by atoms with Crippen molar-refractivity contribution in [3.8, 4) is 22.8 Å². The number of nitrogens with one attached hydrogen (secondary N) is 1. The van der Waals surface area contributed by atoms with Gasteiger partial charge in [0.05, 0.1) is 23.4 Å². The van der Waals surface area contributed by atoms with Gasteiger partial charge in [0.15, 0.2) is 11.5 Å². The summed E-state index contributed by atoms with van der Waals surface area (Å²) in [5.41, 5.74) is 6.55. The van der Waals surface area contributed by atoms with Gasteiger partial charge < -0.3 is 9.84 Å². The first-order valence-electron chi connectivity index (χ1n) is 13.3. The van der Waals surface area contributed by atoms with Crippen LogP contribution in [0, 0.1) is 5.92 Å². The lowest BCUT2D eigenvalue weighted by Gasteiger charge is -2.31. The topological polar surface area (TPSA) is 104 Å². The van der Waals surface area contributed by atoms with Gasteiger partial charge in [0, 0.05) is 24.0 Å². The van der Waals surface area contributed by atoms with Gasteiger partial charge in [-0.2, -0.15) is 9.41 Å². The molecule has 0 saturated carbocycles. The van der Waals surface area contributed by atoms with Gasteiger partial charge in [-0.05, 0) is 73.6 Å². The Hall–Kier alpha value is -3.73. The van der Waals surface area contributed by atoms with E-state index >= 15 is 0 Å². The van der Waals surface area contributed by atoms with E-state index in [1.165, 1.54) is 16.9 Å². The molecule has 1 saturated heterocycles. The normalized spacial score (nSPS) is 14.9. The molecule has 0 atom stereocenters. The van der Waals surface area contributed by atoms with Crippen LogP contribution in [-0.4, -0.2) is 48.7 Å². The summed E-state index contributed by atoms with van der Waals surface area (Å²) in [6, 6.07) is 22.3. The van der Waals surface area contributed by atoms with E-state index in [0.717, 1.165) is 36.1 Å². The van der Waals surface area contributed by atoms with E-state index in [9.17, 15) is 13.5 Å². The Labute approximate surface area is 239 Å². The first kappa shape index (κ1) is 27.8. The molecule has 0 amide bonds. The summed E-state index contributed by atoms with van der Waals surface area (Å²) in [5.74, 6) is 0.987. The second-order valence-corrected chi connectivity index (χ2v) is 12.4. The Balaban J connectivity index is 1.17. The van der Waals surface area contributed by atoms with E-state index < -0.39 is 10.0 Å². The number of rotatable bonds is 10. The molecular weight excluding hydrogens is 544 g/mol.